The second-order valence-corrected chi connectivity index (χ2v) is 5.66. The van der Waals surface area contributed by atoms with Crippen molar-refractivity contribution in [1.82, 2.24) is 20.2 Å². The maximum Gasteiger partial charge on any atom is 0.191 e. The summed E-state index contributed by atoms with van der Waals surface area (Å²) in [4.78, 5) is 8.74. The van der Waals surface area contributed by atoms with E-state index in [9.17, 15) is 0 Å². The first-order valence-corrected chi connectivity index (χ1v) is 8.31. The Labute approximate surface area is 162 Å². The van der Waals surface area contributed by atoms with Gasteiger partial charge in [0.25, 0.3) is 0 Å². The average molecular weight is 441 g/mol. The van der Waals surface area contributed by atoms with Crippen molar-refractivity contribution in [2.75, 3.05) is 13.1 Å². The first-order valence-electron chi connectivity index (χ1n) is 8.31. The van der Waals surface area contributed by atoms with Crippen molar-refractivity contribution < 1.29 is 0 Å². The van der Waals surface area contributed by atoms with Crippen molar-refractivity contribution in [3.8, 4) is 0 Å². The number of aromatic nitrogens is 2. The highest BCUT2D eigenvalue weighted by Crippen LogP contribution is 2.04. The minimum absolute atomic E-state index is 0. The van der Waals surface area contributed by atoms with Crippen LogP contribution in [0.3, 0.4) is 0 Å². The van der Waals surface area contributed by atoms with Crippen LogP contribution in [0.25, 0.3) is 0 Å². The number of guanidine groups is 1. The predicted octanol–water partition coefficient (Wildman–Crippen LogP) is 3.35. The van der Waals surface area contributed by atoms with Crippen LogP contribution in [0.4, 0.5) is 0 Å². The lowest BCUT2D eigenvalue weighted by atomic mass is 10.1. The summed E-state index contributed by atoms with van der Waals surface area (Å²) in [5.41, 5.74) is 2.50. The molecule has 0 aliphatic carbocycles. The third-order valence-corrected chi connectivity index (χ3v) is 3.58. The second-order valence-electron chi connectivity index (χ2n) is 5.66. The van der Waals surface area contributed by atoms with Crippen LogP contribution in [0, 0.1) is 6.92 Å². The molecule has 0 aliphatic rings. The van der Waals surface area contributed by atoms with Gasteiger partial charge in [0.15, 0.2) is 5.96 Å². The number of hydrogen-bond acceptors (Lipinski definition) is 2. The molecule has 2 N–H and O–H groups in total. The van der Waals surface area contributed by atoms with Crippen molar-refractivity contribution in [1.29, 1.82) is 0 Å². The van der Waals surface area contributed by atoms with Crippen molar-refractivity contribution in [3.05, 3.63) is 54.1 Å². The summed E-state index contributed by atoms with van der Waals surface area (Å²) in [5, 5.41) is 6.79. The zero-order valence-corrected chi connectivity index (χ0v) is 16.9. The van der Waals surface area contributed by atoms with E-state index in [0.29, 0.717) is 6.54 Å². The van der Waals surface area contributed by atoms with Crippen molar-refractivity contribution in [3.63, 3.8) is 0 Å². The van der Waals surface area contributed by atoms with E-state index < -0.39 is 0 Å². The maximum atomic E-state index is 4.68. The standard InChI is InChI=1S/C18H27N5.HI/c1-3-4-9-20-18(21-11-13-23-12-10-19-15-23)22-14-17-7-5-16(2)6-8-17;/h5-8,10,12,15H,3-4,9,11,13-14H2,1-2H3,(H2,20,21,22);1H. The van der Waals surface area contributed by atoms with Gasteiger partial charge in [-0.25, -0.2) is 9.98 Å². The molecule has 24 heavy (non-hydrogen) atoms. The smallest absolute Gasteiger partial charge is 0.191 e. The Bertz CT molecular complexity index is 578. The molecule has 2 rings (SSSR count). The third kappa shape index (κ3) is 7.81. The quantitative estimate of drug-likeness (QED) is 0.286. The number of nitrogens with one attached hydrogen (secondary N) is 2. The molecule has 0 aliphatic heterocycles. The molecule has 2 aromatic rings. The summed E-state index contributed by atoms with van der Waals surface area (Å²) < 4.78 is 2.05. The molecule has 0 spiro atoms. The first kappa shape index (κ1) is 20.5. The van der Waals surface area contributed by atoms with Crippen molar-refractivity contribution >= 4 is 29.9 Å². The molecular formula is C18H28IN5. The van der Waals surface area contributed by atoms with Gasteiger partial charge in [0.2, 0.25) is 0 Å². The number of benzene rings is 1. The highest BCUT2D eigenvalue weighted by molar-refractivity contribution is 14.0. The highest BCUT2D eigenvalue weighted by atomic mass is 127. The Kier molecular flexibility index (Phi) is 10.1. The van der Waals surface area contributed by atoms with Crippen LogP contribution in [0.2, 0.25) is 0 Å². The summed E-state index contributed by atoms with van der Waals surface area (Å²) in [6.45, 7) is 7.62. The number of unbranched alkanes of at least 4 members (excludes halogenated alkanes) is 1. The van der Waals surface area contributed by atoms with Gasteiger partial charge in [-0.15, -0.1) is 24.0 Å². The first-order chi connectivity index (χ1) is 11.3. The van der Waals surface area contributed by atoms with E-state index in [1.807, 2.05) is 12.5 Å². The Morgan fingerprint density at radius 1 is 1.17 bits per heavy atom. The minimum Gasteiger partial charge on any atom is -0.356 e. The highest BCUT2D eigenvalue weighted by Gasteiger charge is 1.99. The molecule has 5 nitrogen and oxygen atoms in total. The van der Waals surface area contributed by atoms with E-state index in [2.05, 4.69) is 63.3 Å². The van der Waals surface area contributed by atoms with Gasteiger partial charge in [0, 0.05) is 32.0 Å². The number of halogens is 1. The lowest BCUT2D eigenvalue weighted by molar-refractivity contribution is 0.654. The van der Waals surface area contributed by atoms with Crippen LogP contribution in [0.5, 0.6) is 0 Å². The fourth-order valence-electron chi connectivity index (χ4n) is 2.14. The van der Waals surface area contributed by atoms with Gasteiger partial charge in [-0.1, -0.05) is 43.2 Å². The summed E-state index contributed by atoms with van der Waals surface area (Å²) in [5.74, 6) is 0.874. The fraction of sp³-hybridized carbons (Fsp3) is 0.444. The lowest BCUT2D eigenvalue weighted by Crippen LogP contribution is -2.39. The van der Waals surface area contributed by atoms with Gasteiger partial charge in [-0.3, -0.25) is 0 Å². The molecule has 0 radical (unpaired) electrons. The molecule has 0 saturated carbocycles. The van der Waals surface area contributed by atoms with Gasteiger partial charge in [0.1, 0.15) is 0 Å². The minimum atomic E-state index is 0. The monoisotopic (exact) mass is 441 g/mol. The molecule has 132 valence electrons. The average Bonchev–Trinajstić information content (AvgIpc) is 3.07. The van der Waals surface area contributed by atoms with Crippen LogP contribution in [-0.4, -0.2) is 28.6 Å². The molecular weight excluding hydrogens is 413 g/mol. The van der Waals surface area contributed by atoms with E-state index in [-0.39, 0.29) is 24.0 Å². The largest absolute Gasteiger partial charge is 0.356 e. The van der Waals surface area contributed by atoms with Crippen LogP contribution in [0.15, 0.2) is 48.0 Å². The number of aliphatic imine (C=N–C) groups is 1. The van der Waals surface area contributed by atoms with E-state index in [4.69, 9.17) is 0 Å². The Hall–Kier alpha value is -1.57. The zero-order valence-electron chi connectivity index (χ0n) is 14.5. The van der Waals surface area contributed by atoms with Gasteiger partial charge >= 0.3 is 0 Å². The topological polar surface area (TPSA) is 54.2 Å². The molecule has 1 aromatic heterocycles. The van der Waals surface area contributed by atoms with Gasteiger partial charge in [-0.2, -0.15) is 0 Å². The second kappa shape index (κ2) is 11.9. The molecule has 0 fully saturated rings. The number of hydrogen-bond donors (Lipinski definition) is 2. The molecule has 0 bridgehead atoms. The summed E-state index contributed by atoms with van der Waals surface area (Å²) in [7, 11) is 0. The van der Waals surface area contributed by atoms with Crippen LogP contribution in [-0.2, 0) is 13.1 Å². The number of nitrogens with zero attached hydrogens (tertiary/aromatic N) is 3. The normalized spacial score (nSPS) is 11.0. The summed E-state index contributed by atoms with van der Waals surface area (Å²) in [6, 6.07) is 8.52. The molecule has 0 atom stereocenters. The summed E-state index contributed by atoms with van der Waals surface area (Å²) >= 11 is 0. The van der Waals surface area contributed by atoms with E-state index >= 15 is 0 Å². The van der Waals surface area contributed by atoms with Gasteiger partial charge in [-0.05, 0) is 18.9 Å². The van der Waals surface area contributed by atoms with Crippen molar-refractivity contribution in [2.45, 2.75) is 39.8 Å². The lowest BCUT2D eigenvalue weighted by Gasteiger charge is -2.12. The molecule has 1 aromatic carbocycles. The fourth-order valence-corrected chi connectivity index (χ4v) is 2.14. The molecule has 0 amide bonds. The van der Waals surface area contributed by atoms with Gasteiger partial charge in [0.05, 0.1) is 12.9 Å². The molecule has 0 unspecified atom stereocenters. The predicted molar refractivity (Wildman–Crippen MR) is 111 cm³/mol. The molecule has 6 heteroatoms. The number of imidazole rings is 1. The van der Waals surface area contributed by atoms with E-state index in [1.165, 1.54) is 17.5 Å². The number of aryl methyl sites for hydroxylation is 1. The Morgan fingerprint density at radius 3 is 2.58 bits per heavy atom. The van der Waals surface area contributed by atoms with Crippen molar-refractivity contribution in [2.24, 2.45) is 4.99 Å². The van der Waals surface area contributed by atoms with Crippen LogP contribution in [0.1, 0.15) is 30.9 Å². The maximum absolute atomic E-state index is 4.68. The Balaban J connectivity index is 0.00000288. The Morgan fingerprint density at radius 2 is 1.92 bits per heavy atom. The van der Waals surface area contributed by atoms with Crippen LogP contribution < -0.4 is 10.6 Å². The van der Waals surface area contributed by atoms with E-state index in [1.54, 1.807) is 6.20 Å². The van der Waals surface area contributed by atoms with Crippen LogP contribution >= 0.6 is 24.0 Å². The zero-order chi connectivity index (χ0) is 16.3. The molecule has 0 saturated heterocycles. The van der Waals surface area contributed by atoms with Gasteiger partial charge < -0.3 is 15.2 Å². The summed E-state index contributed by atoms with van der Waals surface area (Å²) in [6.07, 6.45) is 7.91. The SMILES string of the molecule is CCCCNC(=NCc1ccc(C)cc1)NCCn1ccnc1.I. The number of rotatable bonds is 8. The van der Waals surface area contributed by atoms with E-state index in [0.717, 1.165) is 32.0 Å². The third-order valence-electron chi connectivity index (χ3n) is 3.58. The molecule has 1 heterocycles.